The van der Waals surface area contributed by atoms with Gasteiger partial charge in [0.2, 0.25) is 3.83 Å². The fourth-order valence-corrected chi connectivity index (χ4v) is 3.80. The first-order chi connectivity index (χ1) is 7.72. The third-order valence-corrected chi connectivity index (χ3v) is 4.89. The van der Waals surface area contributed by atoms with E-state index >= 15 is 0 Å². The Morgan fingerprint density at radius 2 is 2.12 bits per heavy atom. The first kappa shape index (κ1) is 10.5. The van der Waals surface area contributed by atoms with Crippen LogP contribution in [0.1, 0.15) is 0 Å². The molecule has 0 aliphatic rings. The van der Waals surface area contributed by atoms with Gasteiger partial charge in [-0.25, -0.2) is 9.37 Å². The number of halogens is 2. The van der Waals surface area contributed by atoms with E-state index in [9.17, 15) is 4.39 Å². The van der Waals surface area contributed by atoms with Crippen molar-refractivity contribution < 1.29 is 4.39 Å². The van der Waals surface area contributed by atoms with Crippen molar-refractivity contribution in [1.29, 1.82) is 0 Å². The van der Waals surface area contributed by atoms with Crippen molar-refractivity contribution in [1.82, 2.24) is 9.36 Å². The molecule has 80 valence electrons. The number of hydrogen-bond donors (Lipinski definition) is 0. The lowest BCUT2D eigenvalue weighted by atomic mass is 10.2. The molecule has 1 aromatic carbocycles. The number of rotatable bonds is 1. The van der Waals surface area contributed by atoms with Crippen molar-refractivity contribution in [2.75, 3.05) is 0 Å². The Labute approximate surface area is 112 Å². The lowest BCUT2D eigenvalue weighted by molar-refractivity contribution is 0.630. The average Bonchev–Trinajstić information content (AvgIpc) is 2.83. The molecule has 2 nitrogen and oxygen atoms in total. The molecule has 3 aromatic rings. The molecule has 0 bridgehead atoms. The fraction of sp³-hybridized carbons (Fsp3) is 0. The lowest BCUT2D eigenvalue weighted by Crippen LogP contribution is -1.71. The van der Waals surface area contributed by atoms with Gasteiger partial charge in [-0.3, -0.25) is 0 Å². The van der Waals surface area contributed by atoms with Crippen LogP contribution in [0, 0.1) is 9.65 Å². The second kappa shape index (κ2) is 4.01. The maximum atomic E-state index is 13.0. The van der Waals surface area contributed by atoms with Gasteiger partial charge >= 0.3 is 0 Å². The number of nitrogens with zero attached hydrogens (tertiary/aromatic N) is 2. The van der Waals surface area contributed by atoms with E-state index in [-0.39, 0.29) is 5.82 Å². The summed E-state index contributed by atoms with van der Waals surface area (Å²) in [7, 11) is 0. The van der Waals surface area contributed by atoms with Gasteiger partial charge in [-0.1, -0.05) is 6.07 Å². The topological polar surface area (TPSA) is 25.8 Å². The molecule has 0 fully saturated rings. The first-order valence-electron chi connectivity index (χ1n) is 4.41. The smallest absolute Gasteiger partial charge is 0.203 e. The van der Waals surface area contributed by atoms with Crippen LogP contribution >= 0.6 is 45.5 Å². The highest BCUT2D eigenvalue weighted by atomic mass is 127. The van der Waals surface area contributed by atoms with E-state index in [1.165, 1.54) is 17.6 Å². The highest BCUT2D eigenvalue weighted by Crippen LogP contribution is 2.34. The number of aromatic nitrogens is 2. The van der Waals surface area contributed by atoms with Gasteiger partial charge in [-0.15, -0.1) is 11.3 Å². The van der Waals surface area contributed by atoms with Crippen LogP contribution in [-0.4, -0.2) is 9.36 Å². The van der Waals surface area contributed by atoms with E-state index in [1.54, 1.807) is 23.5 Å². The molecular weight excluding hydrogens is 358 g/mol. The van der Waals surface area contributed by atoms with Crippen LogP contribution in [0.15, 0.2) is 24.3 Å². The molecule has 0 radical (unpaired) electrons. The fourth-order valence-electron chi connectivity index (χ4n) is 1.42. The summed E-state index contributed by atoms with van der Waals surface area (Å²) in [5.41, 5.74) is 0. The van der Waals surface area contributed by atoms with Gasteiger partial charge in [0, 0.05) is 27.3 Å². The Balaban J connectivity index is 2.18. The Bertz CT molecular complexity index is 662. The molecule has 0 unspecified atom stereocenters. The van der Waals surface area contributed by atoms with E-state index in [2.05, 4.69) is 31.9 Å². The van der Waals surface area contributed by atoms with Crippen LogP contribution in [0.3, 0.4) is 0 Å². The van der Waals surface area contributed by atoms with E-state index in [1.807, 2.05) is 6.07 Å². The second-order valence-electron chi connectivity index (χ2n) is 3.16. The van der Waals surface area contributed by atoms with Crippen molar-refractivity contribution in [3.05, 3.63) is 33.9 Å². The quantitative estimate of drug-likeness (QED) is 0.608. The van der Waals surface area contributed by atoms with E-state index in [4.69, 9.17) is 0 Å². The number of fused-ring (bicyclic) bond motifs is 1. The van der Waals surface area contributed by atoms with Gasteiger partial charge in [0.25, 0.3) is 0 Å². The zero-order valence-corrected chi connectivity index (χ0v) is 11.6. The molecule has 0 aliphatic heterocycles. The van der Waals surface area contributed by atoms with Crippen LogP contribution in [0.5, 0.6) is 0 Å². The highest BCUT2D eigenvalue weighted by molar-refractivity contribution is 14.1. The Morgan fingerprint density at radius 3 is 2.88 bits per heavy atom. The van der Waals surface area contributed by atoms with Gasteiger partial charge in [0.1, 0.15) is 5.82 Å². The Kier molecular flexibility index (Phi) is 2.64. The minimum atomic E-state index is -0.201. The van der Waals surface area contributed by atoms with Crippen molar-refractivity contribution in [3.63, 3.8) is 0 Å². The van der Waals surface area contributed by atoms with Gasteiger partial charge in [0.05, 0.1) is 4.88 Å². The van der Waals surface area contributed by atoms with Gasteiger partial charge in [-0.05, 0) is 35.1 Å². The summed E-state index contributed by atoms with van der Waals surface area (Å²) in [5, 5.41) is 1.94. The molecule has 2 aromatic heterocycles. The molecule has 6 heteroatoms. The SMILES string of the molecule is Fc1ccc2cc(-c3nc(I)ns3)sc2c1. The monoisotopic (exact) mass is 362 g/mol. The summed E-state index contributed by atoms with van der Waals surface area (Å²) < 4.78 is 18.9. The second-order valence-corrected chi connectivity index (χ2v) is 5.96. The molecule has 0 spiro atoms. The Morgan fingerprint density at radius 1 is 1.25 bits per heavy atom. The average molecular weight is 362 g/mol. The van der Waals surface area contributed by atoms with Gasteiger partial charge < -0.3 is 0 Å². The normalized spacial score (nSPS) is 11.1. The zero-order chi connectivity index (χ0) is 11.1. The minimum Gasteiger partial charge on any atom is -0.209 e. The molecule has 0 atom stereocenters. The third kappa shape index (κ3) is 1.85. The third-order valence-electron chi connectivity index (χ3n) is 2.09. The largest absolute Gasteiger partial charge is 0.209 e. The summed E-state index contributed by atoms with van der Waals surface area (Å²) in [4.78, 5) is 5.35. The molecule has 0 saturated heterocycles. The van der Waals surface area contributed by atoms with Crippen LogP contribution in [0.25, 0.3) is 20.0 Å². The summed E-state index contributed by atoms with van der Waals surface area (Å²) in [6.07, 6.45) is 0. The summed E-state index contributed by atoms with van der Waals surface area (Å²) >= 11 is 5.00. The number of benzene rings is 1. The molecule has 0 saturated carbocycles. The van der Waals surface area contributed by atoms with Crippen LogP contribution in [0.2, 0.25) is 0 Å². The first-order valence-corrected chi connectivity index (χ1v) is 7.08. The maximum absolute atomic E-state index is 13.0. The highest BCUT2D eigenvalue weighted by Gasteiger charge is 2.09. The zero-order valence-electron chi connectivity index (χ0n) is 7.78. The van der Waals surface area contributed by atoms with Crippen molar-refractivity contribution in [3.8, 4) is 9.88 Å². The number of thiophene rings is 1. The van der Waals surface area contributed by atoms with Crippen molar-refractivity contribution in [2.24, 2.45) is 0 Å². The summed E-state index contributed by atoms with van der Waals surface area (Å²) in [6, 6.07) is 6.84. The molecule has 3 rings (SSSR count). The molecule has 0 amide bonds. The molecule has 2 heterocycles. The van der Waals surface area contributed by atoms with Crippen LogP contribution in [-0.2, 0) is 0 Å². The minimum absolute atomic E-state index is 0.201. The van der Waals surface area contributed by atoms with Crippen molar-refractivity contribution in [2.45, 2.75) is 0 Å². The predicted octanol–water partition coefficient (Wildman–Crippen LogP) is 4.16. The summed E-state index contributed by atoms with van der Waals surface area (Å²) in [6.45, 7) is 0. The van der Waals surface area contributed by atoms with Crippen LogP contribution < -0.4 is 0 Å². The molecule has 0 N–H and O–H groups in total. The van der Waals surface area contributed by atoms with E-state index < -0.39 is 0 Å². The number of hydrogen-bond acceptors (Lipinski definition) is 4. The standard InChI is InChI=1S/C10H4FIN2S2/c11-6-2-1-5-3-8(15-7(5)4-6)9-13-10(12)14-16-9/h1-4H. The van der Waals surface area contributed by atoms with E-state index in [0.717, 1.165) is 23.8 Å². The van der Waals surface area contributed by atoms with Gasteiger partial charge in [0.15, 0.2) is 5.01 Å². The van der Waals surface area contributed by atoms with Crippen LogP contribution in [0.4, 0.5) is 4.39 Å². The maximum Gasteiger partial charge on any atom is 0.203 e. The van der Waals surface area contributed by atoms with Gasteiger partial charge in [-0.2, -0.15) is 4.37 Å². The van der Waals surface area contributed by atoms with Crippen molar-refractivity contribution >= 4 is 55.5 Å². The van der Waals surface area contributed by atoms with E-state index in [0.29, 0.717) is 0 Å². The summed E-state index contributed by atoms with van der Waals surface area (Å²) in [5.74, 6) is -0.201. The Hall–Kier alpha value is -0.600. The molecule has 0 aliphatic carbocycles. The molecular formula is C10H4FIN2S2. The molecule has 16 heavy (non-hydrogen) atoms. The predicted molar refractivity (Wildman–Crippen MR) is 73.4 cm³/mol. The lowest BCUT2D eigenvalue weighted by Gasteiger charge is -1.86.